The Labute approximate surface area is 118 Å². The first-order valence-electron chi connectivity index (χ1n) is 6.33. The quantitative estimate of drug-likeness (QED) is 0.586. The second kappa shape index (κ2) is 6.81. The second-order valence-electron chi connectivity index (χ2n) is 4.54. The van der Waals surface area contributed by atoms with Gasteiger partial charge >= 0.3 is 0 Å². The Kier molecular flexibility index (Phi) is 5.08. The van der Waals surface area contributed by atoms with Crippen molar-refractivity contribution in [3.05, 3.63) is 29.3 Å². The van der Waals surface area contributed by atoms with Gasteiger partial charge in [0.25, 0.3) is 0 Å². The van der Waals surface area contributed by atoms with Gasteiger partial charge < -0.3 is 5.32 Å². The number of anilines is 1. The van der Waals surface area contributed by atoms with E-state index in [-0.39, 0.29) is 0 Å². The lowest BCUT2D eigenvalue weighted by atomic mass is 9.96. The molecule has 18 heavy (non-hydrogen) atoms. The van der Waals surface area contributed by atoms with E-state index in [9.17, 15) is 0 Å². The smallest absolute Gasteiger partial charge is 0.185 e. The summed E-state index contributed by atoms with van der Waals surface area (Å²) in [5.74, 6) is 0. The normalized spacial score (nSPS) is 16.1. The zero-order valence-electron chi connectivity index (χ0n) is 10.2. The maximum atomic E-state index is 6.03. The first-order chi connectivity index (χ1) is 8.75. The highest BCUT2D eigenvalue weighted by molar-refractivity contribution is 7.80. The minimum atomic E-state index is 0.506. The Balaban J connectivity index is 1.76. The second-order valence-corrected chi connectivity index (χ2v) is 5.35. The van der Waals surface area contributed by atoms with Crippen molar-refractivity contribution in [1.82, 2.24) is 10.7 Å². The number of hydrogen-bond acceptors (Lipinski definition) is 2. The molecule has 1 aliphatic rings. The highest BCUT2D eigenvalue weighted by Gasteiger charge is 2.13. The molecule has 0 unspecified atom stereocenters. The summed E-state index contributed by atoms with van der Waals surface area (Å²) in [5, 5.41) is 4.62. The molecule has 5 heteroatoms. The molecule has 1 aromatic carbocycles. The Morgan fingerprint density at radius 3 is 2.61 bits per heavy atom. The average molecular weight is 284 g/mol. The average Bonchev–Trinajstić information content (AvgIpc) is 2.39. The predicted molar refractivity (Wildman–Crippen MR) is 80.8 cm³/mol. The highest BCUT2D eigenvalue weighted by atomic mass is 35.5. The van der Waals surface area contributed by atoms with Crippen LogP contribution in [0.25, 0.3) is 0 Å². The van der Waals surface area contributed by atoms with E-state index in [1.807, 2.05) is 24.3 Å². The number of nitrogens with one attached hydrogen (secondary N) is 3. The summed E-state index contributed by atoms with van der Waals surface area (Å²) in [5.41, 5.74) is 6.82. The van der Waals surface area contributed by atoms with Crippen molar-refractivity contribution < 1.29 is 0 Å². The van der Waals surface area contributed by atoms with Crippen LogP contribution in [-0.2, 0) is 0 Å². The highest BCUT2D eigenvalue weighted by Crippen LogP contribution is 2.19. The van der Waals surface area contributed by atoms with Crippen molar-refractivity contribution in [3.8, 4) is 0 Å². The number of benzene rings is 1. The van der Waals surface area contributed by atoms with Crippen LogP contribution in [0.3, 0.4) is 0 Å². The van der Waals surface area contributed by atoms with Crippen molar-refractivity contribution in [2.75, 3.05) is 5.43 Å². The number of rotatable bonds is 3. The van der Waals surface area contributed by atoms with E-state index in [1.165, 1.54) is 32.1 Å². The van der Waals surface area contributed by atoms with Crippen LogP contribution in [0.15, 0.2) is 24.3 Å². The first-order valence-corrected chi connectivity index (χ1v) is 7.11. The fourth-order valence-electron chi connectivity index (χ4n) is 2.16. The van der Waals surface area contributed by atoms with Crippen molar-refractivity contribution in [2.24, 2.45) is 0 Å². The maximum absolute atomic E-state index is 6.03. The van der Waals surface area contributed by atoms with Gasteiger partial charge in [-0.1, -0.05) is 43.0 Å². The molecule has 0 bridgehead atoms. The van der Waals surface area contributed by atoms with Crippen molar-refractivity contribution >= 4 is 34.6 Å². The van der Waals surface area contributed by atoms with Gasteiger partial charge in [-0.25, -0.2) is 0 Å². The van der Waals surface area contributed by atoms with Gasteiger partial charge in [0.2, 0.25) is 0 Å². The number of hydrazine groups is 1. The lowest BCUT2D eigenvalue weighted by molar-refractivity contribution is 0.412. The molecule has 0 amide bonds. The van der Waals surface area contributed by atoms with E-state index in [1.54, 1.807) is 0 Å². The van der Waals surface area contributed by atoms with Crippen LogP contribution in [0, 0.1) is 0 Å². The Morgan fingerprint density at radius 2 is 1.89 bits per heavy atom. The molecule has 0 spiro atoms. The third kappa shape index (κ3) is 4.03. The zero-order valence-corrected chi connectivity index (χ0v) is 11.8. The minimum Gasteiger partial charge on any atom is -0.359 e. The van der Waals surface area contributed by atoms with Crippen LogP contribution in [0.2, 0.25) is 5.02 Å². The topological polar surface area (TPSA) is 36.1 Å². The molecular formula is C13H18ClN3S. The number of thiocarbonyl (C=S) groups is 1. The van der Waals surface area contributed by atoms with Crippen LogP contribution < -0.4 is 16.2 Å². The largest absolute Gasteiger partial charge is 0.359 e. The van der Waals surface area contributed by atoms with E-state index in [4.69, 9.17) is 23.8 Å². The molecule has 3 nitrogen and oxygen atoms in total. The molecule has 1 saturated carbocycles. The van der Waals surface area contributed by atoms with E-state index in [0.29, 0.717) is 16.2 Å². The standard InChI is InChI=1S/C13H18ClN3S/c14-11-8-4-5-9-12(11)16-17-13(18)15-10-6-2-1-3-7-10/h4-5,8-10,16H,1-3,6-7H2,(H2,15,17,18). The Morgan fingerprint density at radius 1 is 1.17 bits per heavy atom. The molecule has 0 radical (unpaired) electrons. The predicted octanol–water partition coefficient (Wildman–Crippen LogP) is 3.46. The fourth-order valence-corrected chi connectivity index (χ4v) is 2.56. The van der Waals surface area contributed by atoms with Gasteiger partial charge in [0, 0.05) is 6.04 Å². The SMILES string of the molecule is S=C(NNc1ccccc1Cl)NC1CCCCC1. The molecule has 0 heterocycles. The summed E-state index contributed by atoms with van der Waals surface area (Å²) in [7, 11) is 0. The number of para-hydroxylation sites is 1. The summed E-state index contributed by atoms with van der Waals surface area (Å²) in [6.07, 6.45) is 6.33. The van der Waals surface area contributed by atoms with E-state index in [2.05, 4.69) is 16.2 Å². The molecule has 3 N–H and O–H groups in total. The lowest BCUT2D eigenvalue weighted by Crippen LogP contribution is -2.44. The van der Waals surface area contributed by atoms with Gasteiger partial charge in [0.05, 0.1) is 10.7 Å². The van der Waals surface area contributed by atoms with E-state index >= 15 is 0 Å². The van der Waals surface area contributed by atoms with Crippen LogP contribution in [-0.4, -0.2) is 11.2 Å². The maximum Gasteiger partial charge on any atom is 0.185 e. The van der Waals surface area contributed by atoms with Gasteiger partial charge in [-0.2, -0.15) is 0 Å². The summed E-state index contributed by atoms with van der Waals surface area (Å²) in [6.45, 7) is 0. The zero-order chi connectivity index (χ0) is 12.8. The van der Waals surface area contributed by atoms with Gasteiger partial charge in [-0.15, -0.1) is 0 Å². The van der Waals surface area contributed by atoms with Crippen LogP contribution in [0.4, 0.5) is 5.69 Å². The van der Waals surface area contributed by atoms with Crippen molar-refractivity contribution in [2.45, 2.75) is 38.1 Å². The molecule has 98 valence electrons. The molecule has 1 fully saturated rings. The van der Waals surface area contributed by atoms with Gasteiger partial charge in [0.15, 0.2) is 5.11 Å². The summed E-state index contributed by atoms with van der Waals surface area (Å²) in [6, 6.07) is 8.06. The third-order valence-electron chi connectivity index (χ3n) is 3.12. The van der Waals surface area contributed by atoms with Crippen LogP contribution in [0.1, 0.15) is 32.1 Å². The number of halogens is 1. The molecule has 0 saturated heterocycles. The van der Waals surface area contributed by atoms with Crippen molar-refractivity contribution in [1.29, 1.82) is 0 Å². The molecule has 0 aromatic heterocycles. The fraction of sp³-hybridized carbons (Fsp3) is 0.462. The molecule has 0 atom stereocenters. The van der Waals surface area contributed by atoms with Crippen molar-refractivity contribution in [3.63, 3.8) is 0 Å². The summed E-state index contributed by atoms with van der Waals surface area (Å²) >= 11 is 11.3. The van der Waals surface area contributed by atoms with Gasteiger partial charge in [-0.3, -0.25) is 10.9 Å². The molecule has 1 aliphatic carbocycles. The van der Waals surface area contributed by atoms with E-state index in [0.717, 1.165) is 5.69 Å². The van der Waals surface area contributed by atoms with Gasteiger partial charge in [0.1, 0.15) is 0 Å². The third-order valence-corrected chi connectivity index (χ3v) is 3.67. The summed E-state index contributed by atoms with van der Waals surface area (Å²) < 4.78 is 0. The Hall–Kier alpha value is -1.00. The van der Waals surface area contributed by atoms with Gasteiger partial charge in [-0.05, 0) is 37.2 Å². The van der Waals surface area contributed by atoms with Crippen LogP contribution >= 0.6 is 23.8 Å². The summed E-state index contributed by atoms with van der Waals surface area (Å²) in [4.78, 5) is 0. The minimum absolute atomic E-state index is 0.506. The number of hydrogen-bond donors (Lipinski definition) is 3. The lowest BCUT2D eigenvalue weighted by Gasteiger charge is -2.24. The molecule has 1 aromatic rings. The molecular weight excluding hydrogens is 266 g/mol. The molecule has 2 rings (SSSR count). The first kappa shape index (κ1) is 13.4. The monoisotopic (exact) mass is 283 g/mol. The van der Waals surface area contributed by atoms with Crippen LogP contribution in [0.5, 0.6) is 0 Å². The van der Waals surface area contributed by atoms with E-state index < -0.39 is 0 Å². The Bertz CT molecular complexity index is 405. The molecule has 0 aliphatic heterocycles.